The lowest BCUT2D eigenvalue weighted by molar-refractivity contribution is -0.111. The molecule has 0 atom stereocenters. The molecule has 3 aromatic heterocycles. The topological polar surface area (TPSA) is 147 Å². The Hall–Kier alpha value is -5.11. The van der Waals surface area contributed by atoms with Crippen LogP contribution in [0.15, 0.2) is 60.2 Å². The number of hydrogen-bond donors (Lipinski definition) is 3. The van der Waals surface area contributed by atoms with Crippen LogP contribution in [-0.4, -0.2) is 73.8 Å². The van der Waals surface area contributed by atoms with Crippen molar-refractivity contribution in [3.8, 4) is 11.3 Å². The smallest absolute Gasteiger partial charge is 0.293 e. The predicted molar refractivity (Wildman–Crippen MR) is 200 cm³/mol. The zero-order valence-electron chi connectivity index (χ0n) is 30.5. The van der Waals surface area contributed by atoms with Gasteiger partial charge in [0, 0.05) is 79.4 Å². The monoisotopic (exact) mass is 706 g/mol. The molecule has 0 saturated carbocycles. The molecule has 0 radical (unpaired) electrons. The maximum atomic E-state index is 13.9. The van der Waals surface area contributed by atoms with E-state index in [1.165, 1.54) is 21.9 Å². The van der Waals surface area contributed by atoms with Gasteiger partial charge in [0.1, 0.15) is 11.5 Å². The summed E-state index contributed by atoms with van der Waals surface area (Å²) in [6.45, 7) is 15.7. The second-order valence-electron chi connectivity index (χ2n) is 15.1. The summed E-state index contributed by atoms with van der Waals surface area (Å²) in [5.41, 5.74) is 5.87. The van der Waals surface area contributed by atoms with E-state index in [-0.39, 0.29) is 28.6 Å². The Bertz CT molecular complexity index is 2140. The number of carbonyl (C=O) groups excluding carboxylic acids is 2. The van der Waals surface area contributed by atoms with Gasteiger partial charge in [-0.25, -0.2) is 9.97 Å². The maximum Gasteiger partial charge on any atom is 0.293 e. The average molecular weight is 707 g/mol. The van der Waals surface area contributed by atoms with E-state index in [1.807, 2.05) is 18.2 Å². The van der Waals surface area contributed by atoms with Gasteiger partial charge in [0.2, 0.25) is 5.91 Å². The van der Waals surface area contributed by atoms with E-state index in [0.29, 0.717) is 66.0 Å². The maximum absolute atomic E-state index is 13.9. The molecule has 1 aliphatic carbocycles. The largest absolute Gasteiger partial charge is 0.392 e. The molecule has 0 spiro atoms. The van der Waals surface area contributed by atoms with Gasteiger partial charge >= 0.3 is 0 Å². The molecule has 5 heterocycles. The van der Waals surface area contributed by atoms with E-state index in [9.17, 15) is 19.5 Å². The lowest BCUT2D eigenvalue weighted by Gasteiger charge is -2.42. The molecular formula is C39H46N8O5. The molecule has 13 nitrogen and oxygen atoms in total. The van der Waals surface area contributed by atoms with Crippen molar-refractivity contribution in [3.05, 3.63) is 93.8 Å². The van der Waals surface area contributed by atoms with Crippen LogP contribution in [0.25, 0.3) is 11.3 Å². The zero-order chi connectivity index (χ0) is 36.9. The summed E-state index contributed by atoms with van der Waals surface area (Å²) in [4.78, 5) is 53.2. The molecule has 3 aliphatic rings. The van der Waals surface area contributed by atoms with Crippen LogP contribution in [0.4, 0.5) is 23.0 Å². The number of aromatic nitrogens is 4. The third-order valence-corrected chi connectivity index (χ3v) is 10.6. The van der Waals surface area contributed by atoms with Crippen molar-refractivity contribution < 1.29 is 19.4 Å². The number of anilines is 4. The summed E-state index contributed by atoms with van der Waals surface area (Å²) in [6, 6.07) is 9.31. The quantitative estimate of drug-likeness (QED) is 0.216. The first kappa shape index (κ1) is 35.3. The number of nitrogens with zero attached hydrogens (tertiary/aromatic N) is 6. The number of rotatable bonds is 9. The molecule has 3 N–H and O–H groups in total. The molecule has 1 fully saturated rings. The minimum atomic E-state index is -0.435. The zero-order valence-corrected chi connectivity index (χ0v) is 30.5. The first-order chi connectivity index (χ1) is 24.8. The molecule has 0 bridgehead atoms. The van der Waals surface area contributed by atoms with Crippen molar-refractivity contribution >= 4 is 34.8 Å². The number of benzene rings is 1. The Morgan fingerprint density at radius 1 is 1.10 bits per heavy atom. The SMILES string of the molecule is C=CC(=O)Nc1cc(Nc2nc(-c3ccnc(N4CCn5c(cc6c5CC(C)(C)C6)C4=O)c3CO)cn(C)c2=O)ccc1C(C)(C)N1CCOCC1. The highest BCUT2D eigenvalue weighted by molar-refractivity contribution is 6.06. The highest BCUT2D eigenvalue weighted by Crippen LogP contribution is 2.40. The number of aliphatic hydroxyl groups excluding tert-OH is 1. The van der Waals surface area contributed by atoms with E-state index < -0.39 is 12.1 Å². The average Bonchev–Trinajstić information content (AvgIpc) is 3.62. The summed E-state index contributed by atoms with van der Waals surface area (Å²) in [6.07, 6.45) is 6.28. The number of carbonyl (C=O) groups is 2. The summed E-state index contributed by atoms with van der Waals surface area (Å²) < 4.78 is 9.13. The fourth-order valence-electron chi connectivity index (χ4n) is 7.91. The first-order valence-electron chi connectivity index (χ1n) is 17.7. The molecule has 272 valence electrons. The van der Waals surface area contributed by atoms with Crippen molar-refractivity contribution in [2.45, 2.75) is 59.2 Å². The summed E-state index contributed by atoms with van der Waals surface area (Å²) >= 11 is 0. The number of ether oxygens (including phenoxy) is 1. The molecule has 4 aromatic rings. The molecule has 1 saturated heterocycles. The molecular weight excluding hydrogens is 660 g/mol. The van der Waals surface area contributed by atoms with Crippen LogP contribution in [0.5, 0.6) is 0 Å². The van der Waals surface area contributed by atoms with Gasteiger partial charge in [0.25, 0.3) is 11.5 Å². The third-order valence-electron chi connectivity index (χ3n) is 10.6. The number of amides is 2. The van der Waals surface area contributed by atoms with Gasteiger partial charge in [0.05, 0.1) is 25.5 Å². The number of morpholine rings is 1. The molecule has 7 rings (SSSR count). The summed E-state index contributed by atoms with van der Waals surface area (Å²) in [5, 5.41) is 16.8. The number of fused-ring (bicyclic) bond motifs is 3. The van der Waals surface area contributed by atoms with Gasteiger partial charge in [0.15, 0.2) is 5.82 Å². The summed E-state index contributed by atoms with van der Waals surface area (Å²) in [5.74, 6) is -0.101. The van der Waals surface area contributed by atoms with Gasteiger partial charge in [-0.15, -0.1) is 0 Å². The number of hydrogen-bond acceptors (Lipinski definition) is 9. The van der Waals surface area contributed by atoms with Crippen LogP contribution in [0.2, 0.25) is 0 Å². The fourth-order valence-corrected chi connectivity index (χ4v) is 7.91. The highest BCUT2D eigenvalue weighted by Gasteiger charge is 2.38. The third kappa shape index (κ3) is 6.33. The van der Waals surface area contributed by atoms with Gasteiger partial charge in [-0.05, 0) is 73.6 Å². The number of aliphatic hydroxyl groups is 1. The second kappa shape index (κ2) is 13.5. The highest BCUT2D eigenvalue weighted by atomic mass is 16.5. The number of pyridine rings is 1. The van der Waals surface area contributed by atoms with Gasteiger partial charge < -0.3 is 29.6 Å². The van der Waals surface area contributed by atoms with Crippen LogP contribution >= 0.6 is 0 Å². The minimum absolute atomic E-state index is 0.0488. The standard InChI is InChI=1S/C39H46N8O5/c1-7-33(49)42-29-19-25(8-9-28(29)39(4,5)45-14-16-52-17-15-45)41-34-37(51)44(6)22-30(43-34)26-10-11-40-35(27(26)23-48)47-13-12-46-31(36(47)50)18-24-20-38(2,3)21-32(24)46/h7-11,18-19,22,48H,1,12-17,20-21,23H2,2-6H3,(H,41,43)(H,42,49). The Morgan fingerprint density at radius 2 is 1.87 bits per heavy atom. The first-order valence-corrected chi connectivity index (χ1v) is 17.7. The Balaban J connectivity index is 1.21. The molecule has 52 heavy (non-hydrogen) atoms. The normalized spacial score (nSPS) is 17.1. The van der Waals surface area contributed by atoms with Gasteiger partial charge in [-0.3, -0.25) is 24.2 Å². The van der Waals surface area contributed by atoms with E-state index in [4.69, 9.17) is 9.72 Å². The van der Waals surface area contributed by atoms with E-state index >= 15 is 0 Å². The minimum Gasteiger partial charge on any atom is -0.392 e. The predicted octanol–water partition coefficient (Wildman–Crippen LogP) is 4.36. The van der Waals surface area contributed by atoms with Crippen LogP contribution < -0.4 is 21.1 Å². The van der Waals surface area contributed by atoms with E-state index in [1.54, 1.807) is 36.5 Å². The Morgan fingerprint density at radius 3 is 2.60 bits per heavy atom. The lowest BCUT2D eigenvalue weighted by atomic mass is 9.89. The van der Waals surface area contributed by atoms with Crippen molar-refractivity contribution in [3.63, 3.8) is 0 Å². The fraction of sp³-hybridized carbons (Fsp3) is 0.410. The van der Waals surface area contributed by atoms with Crippen molar-refractivity contribution in [1.29, 1.82) is 0 Å². The van der Waals surface area contributed by atoms with Crippen LogP contribution in [0.1, 0.15) is 60.6 Å². The molecule has 13 heteroatoms. The molecule has 1 aromatic carbocycles. The van der Waals surface area contributed by atoms with Gasteiger partial charge in [-0.2, -0.15) is 0 Å². The van der Waals surface area contributed by atoms with Crippen LogP contribution in [0, 0.1) is 5.41 Å². The van der Waals surface area contributed by atoms with Crippen LogP contribution in [0.3, 0.4) is 0 Å². The van der Waals surface area contributed by atoms with E-state index in [0.717, 1.165) is 31.5 Å². The van der Waals surface area contributed by atoms with Crippen LogP contribution in [-0.2, 0) is 48.1 Å². The van der Waals surface area contributed by atoms with Crippen molar-refractivity contribution in [2.75, 3.05) is 48.4 Å². The number of nitrogens with one attached hydrogen (secondary N) is 2. The number of aryl methyl sites for hydroxylation is 1. The lowest BCUT2D eigenvalue weighted by Crippen LogP contribution is -2.48. The molecule has 2 amide bonds. The Labute approximate surface area is 302 Å². The van der Waals surface area contributed by atoms with Crippen molar-refractivity contribution in [2.24, 2.45) is 12.5 Å². The summed E-state index contributed by atoms with van der Waals surface area (Å²) in [7, 11) is 1.63. The second-order valence-corrected chi connectivity index (χ2v) is 15.1. The van der Waals surface area contributed by atoms with Gasteiger partial charge in [-0.1, -0.05) is 26.5 Å². The molecule has 0 unspecified atom stereocenters. The van der Waals surface area contributed by atoms with E-state index in [2.05, 4.69) is 59.4 Å². The Kier molecular flexibility index (Phi) is 9.14. The molecule has 2 aliphatic heterocycles. The van der Waals surface area contributed by atoms with Crippen molar-refractivity contribution in [1.82, 2.24) is 24.0 Å².